The van der Waals surface area contributed by atoms with Gasteiger partial charge in [-0.15, -0.1) is 0 Å². The molecule has 196 valence electrons. The van der Waals surface area contributed by atoms with Gasteiger partial charge in [0.1, 0.15) is 30.1 Å². The highest BCUT2D eigenvalue weighted by atomic mass is 19.1. The van der Waals surface area contributed by atoms with E-state index in [-0.39, 0.29) is 36.0 Å². The van der Waals surface area contributed by atoms with Crippen LogP contribution in [0.15, 0.2) is 29.2 Å². The maximum absolute atomic E-state index is 15.2. The minimum Gasteiger partial charge on any atom is -0.485 e. The van der Waals surface area contributed by atoms with Crippen molar-refractivity contribution in [2.75, 3.05) is 24.6 Å². The first kappa shape index (κ1) is 25.1. The number of rotatable bonds is 4. The second-order valence-corrected chi connectivity index (χ2v) is 10.8. The van der Waals surface area contributed by atoms with E-state index in [1.165, 1.54) is 6.07 Å². The zero-order chi connectivity index (χ0) is 26.6. The van der Waals surface area contributed by atoms with Crippen LogP contribution in [-0.4, -0.2) is 56.6 Å². The maximum atomic E-state index is 15.2. The summed E-state index contributed by atoms with van der Waals surface area (Å²) in [4.78, 5) is 17.3. The van der Waals surface area contributed by atoms with E-state index < -0.39 is 5.60 Å². The fraction of sp³-hybridized carbons (Fsp3) is 0.519. The summed E-state index contributed by atoms with van der Waals surface area (Å²) in [5.74, 6) is 0.687. The quantitative estimate of drug-likeness (QED) is 0.532. The van der Waals surface area contributed by atoms with Gasteiger partial charge in [-0.2, -0.15) is 10.4 Å². The lowest BCUT2D eigenvalue weighted by Gasteiger charge is -2.47. The van der Waals surface area contributed by atoms with Crippen molar-refractivity contribution < 1.29 is 13.9 Å². The first-order chi connectivity index (χ1) is 17.5. The van der Waals surface area contributed by atoms with Crippen LogP contribution in [0.25, 0.3) is 11.0 Å². The number of nitrogens with zero attached hydrogens (tertiary/aromatic N) is 6. The molecule has 0 aliphatic carbocycles. The predicted molar refractivity (Wildman–Crippen MR) is 139 cm³/mol. The summed E-state index contributed by atoms with van der Waals surface area (Å²) in [6, 6.07) is 6.82. The molecule has 3 aromatic rings. The van der Waals surface area contributed by atoms with E-state index in [0.717, 1.165) is 5.69 Å². The van der Waals surface area contributed by atoms with Crippen LogP contribution in [0.2, 0.25) is 0 Å². The number of hydrogen-bond acceptors (Lipinski definition) is 7. The molecule has 0 bridgehead atoms. The fourth-order valence-corrected chi connectivity index (χ4v) is 5.46. The minimum absolute atomic E-state index is 0.0364. The van der Waals surface area contributed by atoms with Gasteiger partial charge >= 0.3 is 0 Å². The Labute approximate surface area is 215 Å². The van der Waals surface area contributed by atoms with Gasteiger partial charge in [-0.1, -0.05) is 0 Å². The molecule has 5 rings (SSSR count). The molecule has 1 aromatic carbocycles. The minimum atomic E-state index is -0.475. The van der Waals surface area contributed by atoms with E-state index >= 15 is 4.39 Å². The molecule has 3 atom stereocenters. The fourth-order valence-electron chi connectivity index (χ4n) is 5.46. The van der Waals surface area contributed by atoms with Crippen LogP contribution in [0.5, 0.6) is 11.5 Å². The molecule has 2 aromatic heterocycles. The highest BCUT2D eigenvalue weighted by molar-refractivity contribution is 5.88. The lowest BCUT2D eigenvalue weighted by molar-refractivity contribution is 0.0205. The second kappa shape index (κ2) is 9.06. The van der Waals surface area contributed by atoms with Crippen molar-refractivity contribution in [1.29, 1.82) is 5.26 Å². The molecule has 37 heavy (non-hydrogen) atoms. The van der Waals surface area contributed by atoms with Gasteiger partial charge in [0, 0.05) is 56.0 Å². The van der Waals surface area contributed by atoms with Crippen LogP contribution < -0.4 is 19.9 Å². The second-order valence-electron chi connectivity index (χ2n) is 10.8. The van der Waals surface area contributed by atoms with Crippen molar-refractivity contribution in [2.24, 2.45) is 7.05 Å². The number of aromatic nitrogens is 3. The van der Waals surface area contributed by atoms with Crippen LogP contribution >= 0.6 is 0 Å². The van der Waals surface area contributed by atoms with Crippen molar-refractivity contribution in [3.05, 3.63) is 46.1 Å². The SMILES string of the molecule is C[C@@H]1CN(c2cc(=O)n(C)c3cn(CC#N)nc23)[C@@H](C)CN1[C@H](C)c1cc2c(cc1F)OCC(C)(C)O2. The highest BCUT2D eigenvalue weighted by Gasteiger charge is 2.36. The average molecular weight is 509 g/mol. The molecule has 2 aliphatic heterocycles. The number of nitriles is 1. The van der Waals surface area contributed by atoms with Gasteiger partial charge in [0.15, 0.2) is 11.5 Å². The summed E-state index contributed by atoms with van der Waals surface area (Å²) in [5.41, 5.74) is 2.11. The summed E-state index contributed by atoms with van der Waals surface area (Å²) in [6.07, 6.45) is 1.74. The molecule has 1 fully saturated rings. The van der Waals surface area contributed by atoms with Gasteiger partial charge in [-0.3, -0.25) is 14.4 Å². The Hall–Kier alpha value is -3.58. The highest BCUT2D eigenvalue weighted by Crippen LogP contribution is 2.40. The normalized spacial score (nSPS) is 22.2. The molecule has 10 heteroatoms. The average Bonchev–Trinajstić information content (AvgIpc) is 3.26. The first-order valence-corrected chi connectivity index (χ1v) is 12.6. The number of halogens is 1. The van der Waals surface area contributed by atoms with Crippen LogP contribution in [0.3, 0.4) is 0 Å². The molecule has 0 unspecified atom stereocenters. The van der Waals surface area contributed by atoms with Gasteiger partial charge in [-0.25, -0.2) is 4.39 Å². The lowest BCUT2D eigenvalue weighted by Crippen LogP contribution is -2.57. The van der Waals surface area contributed by atoms with Gasteiger partial charge in [0.05, 0.1) is 23.5 Å². The van der Waals surface area contributed by atoms with Crippen LogP contribution in [-0.2, 0) is 13.6 Å². The molecule has 0 N–H and O–H groups in total. The third-order valence-electron chi connectivity index (χ3n) is 7.49. The lowest BCUT2D eigenvalue weighted by atomic mass is 9.99. The monoisotopic (exact) mass is 508 g/mol. The summed E-state index contributed by atoms with van der Waals surface area (Å²) in [5, 5.41) is 13.7. The Morgan fingerprint density at radius 3 is 2.70 bits per heavy atom. The van der Waals surface area contributed by atoms with Crippen molar-refractivity contribution in [3.63, 3.8) is 0 Å². The summed E-state index contributed by atoms with van der Waals surface area (Å²) in [7, 11) is 1.71. The third-order valence-corrected chi connectivity index (χ3v) is 7.49. The number of anilines is 1. The Balaban J connectivity index is 1.44. The van der Waals surface area contributed by atoms with Crippen molar-refractivity contribution in [1.82, 2.24) is 19.2 Å². The molecule has 0 saturated carbocycles. The van der Waals surface area contributed by atoms with Gasteiger partial charge in [0.25, 0.3) is 5.56 Å². The van der Waals surface area contributed by atoms with Crippen molar-refractivity contribution in [3.8, 4) is 17.6 Å². The molecule has 2 aliphatic rings. The summed E-state index contributed by atoms with van der Waals surface area (Å²) < 4.78 is 30.1. The number of aryl methyl sites for hydroxylation is 1. The van der Waals surface area contributed by atoms with Crippen LogP contribution in [0.1, 0.15) is 46.2 Å². The van der Waals surface area contributed by atoms with Gasteiger partial charge in [0.2, 0.25) is 0 Å². The largest absolute Gasteiger partial charge is 0.485 e. The van der Waals surface area contributed by atoms with E-state index in [4.69, 9.17) is 14.7 Å². The Morgan fingerprint density at radius 2 is 1.97 bits per heavy atom. The van der Waals surface area contributed by atoms with Crippen LogP contribution in [0.4, 0.5) is 10.1 Å². The van der Waals surface area contributed by atoms with Gasteiger partial charge in [-0.05, 0) is 40.7 Å². The van der Waals surface area contributed by atoms with Crippen LogP contribution in [0, 0.1) is 17.1 Å². The Morgan fingerprint density at radius 1 is 1.22 bits per heavy atom. The van der Waals surface area contributed by atoms with Crippen molar-refractivity contribution >= 4 is 16.7 Å². The van der Waals surface area contributed by atoms with Crippen molar-refractivity contribution in [2.45, 2.75) is 64.9 Å². The van der Waals surface area contributed by atoms with E-state index in [1.807, 2.05) is 20.8 Å². The molecular formula is C27H33FN6O3. The third kappa shape index (κ3) is 4.42. The molecule has 0 spiro atoms. The maximum Gasteiger partial charge on any atom is 0.252 e. The zero-order valence-electron chi connectivity index (χ0n) is 22.2. The summed E-state index contributed by atoms with van der Waals surface area (Å²) in [6.45, 7) is 11.9. The number of benzene rings is 1. The predicted octanol–water partition coefficient (Wildman–Crippen LogP) is 3.61. The first-order valence-electron chi connectivity index (χ1n) is 12.6. The smallest absolute Gasteiger partial charge is 0.252 e. The standard InChI is InChI=1S/C27H33FN6O3/c1-16-13-34(21-11-25(35)31(6)22-14-32(8-7-29)30-26(21)22)17(2)12-33(16)18(3)19-9-24-23(10-20(19)28)36-15-27(4,5)37-24/h9-11,14,16-18H,8,12-13,15H2,1-6H3/t16-,17+,18-/m1/s1. The summed E-state index contributed by atoms with van der Waals surface area (Å²) >= 11 is 0. The zero-order valence-corrected chi connectivity index (χ0v) is 22.2. The van der Waals surface area contributed by atoms with E-state index in [2.05, 4.69) is 34.8 Å². The van der Waals surface area contributed by atoms with E-state index in [9.17, 15) is 4.79 Å². The number of ether oxygens (including phenoxy) is 2. The number of hydrogen-bond donors (Lipinski definition) is 0. The topological polar surface area (TPSA) is 88.5 Å². The molecular weight excluding hydrogens is 475 g/mol. The molecule has 1 saturated heterocycles. The van der Waals surface area contributed by atoms with Gasteiger partial charge < -0.3 is 18.9 Å². The Kier molecular flexibility index (Phi) is 6.15. The number of fused-ring (bicyclic) bond motifs is 2. The molecule has 0 amide bonds. The van der Waals surface area contributed by atoms with E-state index in [0.29, 0.717) is 47.8 Å². The molecule has 9 nitrogen and oxygen atoms in total. The van der Waals surface area contributed by atoms with E-state index in [1.54, 1.807) is 34.6 Å². The molecule has 0 radical (unpaired) electrons. The number of piperazine rings is 1. The number of pyridine rings is 1. The Bertz CT molecular complexity index is 1460. The molecule has 4 heterocycles.